The second kappa shape index (κ2) is 5.14. The number of likely N-dealkylation sites (tertiary alicyclic amines) is 1. The predicted octanol–water partition coefficient (Wildman–Crippen LogP) is 0.191. The number of aromatic hydroxyl groups is 1. The number of fused-ring (bicyclic) bond motifs is 1. The molecule has 0 radical (unpaired) electrons. The van der Waals surface area contributed by atoms with Crippen molar-refractivity contribution >= 4 is 5.91 Å². The lowest BCUT2D eigenvalue weighted by molar-refractivity contribution is 0.0791. The van der Waals surface area contributed by atoms with Gasteiger partial charge in [-0.15, -0.1) is 0 Å². The summed E-state index contributed by atoms with van der Waals surface area (Å²) >= 11 is 0. The van der Waals surface area contributed by atoms with E-state index in [1.54, 1.807) is 16.5 Å². The van der Waals surface area contributed by atoms with Crippen LogP contribution in [-0.4, -0.2) is 57.5 Å². The molecule has 0 bridgehead atoms. The Bertz CT molecular complexity index is 640. The van der Waals surface area contributed by atoms with Crippen molar-refractivity contribution in [3.05, 3.63) is 21.9 Å². The van der Waals surface area contributed by atoms with E-state index in [0.717, 1.165) is 25.8 Å². The molecule has 0 spiro atoms. The van der Waals surface area contributed by atoms with E-state index >= 15 is 0 Å². The van der Waals surface area contributed by atoms with Crippen LogP contribution in [0.25, 0.3) is 0 Å². The van der Waals surface area contributed by atoms with Crippen LogP contribution >= 0.6 is 0 Å². The smallest absolute Gasteiger partial charge is 0.315 e. The van der Waals surface area contributed by atoms with Crippen LogP contribution < -0.4 is 5.56 Å². The lowest BCUT2D eigenvalue weighted by atomic mass is 10.2. The Morgan fingerprint density at radius 3 is 2.57 bits per heavy atom. The molecule has 7 heteroatoms. The molecule has 1 saturated heterocycles. The summed E-state index contributed by atoms with van der Waals surface area (Å²) in [4.78, 5) is 32.1. The minimum atomic E-state index is -0.708. The van der Waals surface area contributed by atoms with Gasteiger partial charge in [-0.3, -0.25) is 14.5 Å². The molecular weight excluding hydrogens is 272 g/mol. The van der Waals surface area contributed by atoms with Gasteiger partial charge in [-0.1, -0.05) is 0 Å². The first-order valence-corrected chi connectivity index (χ1v) is 7.30. The fourth-order valence-electron chi connectivity index (χ4n) is 3.24. The van der Waals surface area contributed by atoms with E-state index < -0.39 is 11.3 Å². The Kier molecular flexibility index (Phi) is 3.44. The average molecular weight is 292 g/mol. The Hall–Kier alpha value is -1.89. The number of hydrogen-bond donors (Lipinski definition) is 1. The first-order valence-electron chi connectivity index (χ1n) is 7.30. The summed E-state index contributed by atoms with van der Waals surface area (Å²) in [5.41, 5.74) is -0.620. The molecule has 0 aliphatic carbocycles. The van der Waals surface area contributed by atoms with Gasteiger partial charge in [-0.25, -0.2) is 0 Å². The summed E-state index contributed by atoms with van der Waals surface area (Å²) < 4.78 is 1.75. The van der Waals surface area contributed by atoms with E-state index in [4.69, 9.17) is 0 Å². The molecule has 2 aliphatic heterocycles. The highest BCUT2D eigenvalue weighted by Gasteiger charge is 2.32. The van der Waals surface area contributed by atoms with E-state index in [1.807, 2.05) is 7.05 Å². The lowest BCUT2D eigenvalue weighted by Gasteiger charge is -2.24. The van der Waals surface area contributed by atoms with Crippen molar-refractivity contribution in [2.45, 2.75) is 31.8 Å². The fraction of sp³-hybridized carbons (Fsp3) is 0.643. The molecule has 0 saturated carbocycles. The van der Waals surface area contributed by atoms with Gasteiger partial charge in [0.1, 0.15) is 5.82 Å². The van der Waals surface area contributed by atoms with Gasteiger partial charge in [0.2, 0.25) is 5.75 Å². The monoisotopic (exact) mass is 292 g/mol. The Balaban J connectivity index is 2.21. The van der Waals surface area contributed by atoms with Crippen LogP contribution in [0.2, 0.25) is 0 Å². The molecule has 1 N–H and O–H groups in total. The van der Waals surface area contributed by atoms with Gasteiger partial charge in [0.05, 0.1) is 6.04 Å². The van der Waals surface area contributed by atoms with Gasteiger partial charge in [-0.05, 0) is 32.9 Å². The number of carbonyl (C=O) groups excluding carboxylic acids is 1. The maximum Gasteiger partial charge on any atom is 0.315 e. The Labute approximate surface area is 122 Å². The predicted molar refractivity (Wildman–Crippen MR) is 76.3 cm³/mol. The van der Waals surface area contributed by atoms with Crippen molar-refractivity contribution in [1.82, 2.24) is 19.4 Å². The molecular formula is C14H20N4O3. The van der Waals surface area contributed by atoms with Gasteiger partial charge in [-0.2, -0.15) is 4.98 Å². The number of carbonyl (C=O) groups is 1. The molecule has 1 unspecified atom stereocenters. The molecule has 7 nitrogen and oxygen atoms in total. The second-order valence-electron chi connectivity index (χ2n) is 5.84. The molecule has 0 aromatic carbocycles. The van der Waals surface area contributed by atoms with Crippen LogP contribution in [0.4, 0.5) is 0 Å². The maximum atomic E-state index is 12.4. The molecule has 1 atom stereocenters. The maximum absolute atomic E-state index is 12.4. The highest BCUT2D eigenvalue weighted by Crippen LogP contribution is 2.31. The third-order valence-electron chi connectivity index (χ3n) is 4.43. The molecule has 3 heterocycles. The minimum absolute atomic E-state index is 0.0354. The summed E-state index contributed by atoms with van der Waals surface area (Å²) in [7, 11) is 3.68. The van der Waals surface area contributed by atoms with Crippen molar-refractivity contribution in [3.63, 3.8) is 0 Å². The molecule has 3 rings (SSSR count). The van der Waals surface area contributed by atoms with Crippen LogP contribution in [0.3, 0.4) is 0 Å². The van der Waals surface area contributed by atoms with Crippen molar-refractivity contribution < 1.29 is 9.90 Å². The van der Waals surface area contributed by atoms with Gasteiger partial charge < -0.3 is 14.6 Å². The zero-order valence-electron chi connectivity index (χ0n) is 12.4. The van der Waals surface area contributed by atoms with Gasteiger partial charge >= 0.3 is 5.56 Å². The standard InChI is InChI=1S/C14H20N4O3/c1-16-6-3-5-9(16)12-15-13(20)11(19)10-14(21)17(2)7-4-8-18(10)12/h9,19H,3-8H2,1-2H3. The highest BCUT2D eigenvalue weighted by atomic mass is 16.3. The molecule has 21 heavy (non-hydrogen) atoms. The third-order valence-corrected chi connectivity index (χ3v) is 4.43. The van der Waals surface area contributed by atoms with Crippen LogP contribution in [0.1, 0.15) is 41.6 Å². The first-order chi connectivity index (χ1) is 10.0. The number of rotatable bonds is 1. The largest absolute Gasteiger partial charge is 0.501 e. The van der Waals surface area contributed by atoms with Crippen molar-refractivity contribution in [2.75, 3.05) is 27.2 Å². The Morgan fingerprint density at radius 1 is 1.14 bits per heavy atom. The highest BCUT2D eigenvalue weighted by molar-refractivity contribution is 5.95. The quantitative estimate of drug-likeness (QED) is 0.799. The van der Waals surface area contributed by atoms with E-state index in [9.17, 15) is 14.7 Å². The number of amides is 1. The molecule has 1 amide bonds. The minimum Gasteiger partial charge on any atom is -0.501 e. The van der Waals surface area contributed by atoms with Gasteiger partial charge in [0.15, 0.2) is 5.69 Å². The molecule has 114 valence electrons. The van der Waals surface area contributed by atoms with Crippen molar-refractivity contribution in [3.8, 4) is 5.75 Å². The average Bonchev–Trinajstić information content (AvgIpc) is 2.81. The van der Waals surface area contributed by atoms with Crippen LogP contribution in [0, 0.1) is 0 Å². The second-order valence-corrected chi connectivity index (χ2v) is 5.84. The molecule has 1 fully saturated rings. The van der Waals surface area contributed by atoms with Gasteiger partial charge in [0.25, 0.3) is 5.91 Å². The SMILES string of the molecule is CN1CCCn2c(C3CCCN3C)nc(=O)c(O)c2C1=O. The van der Waals surface area contributed by atoms with Crippen LogP contribution in [0.5, 0.6) is 5.75 Å². The molecule has 2 aliphatic rings. The first kappa shape index (κ1) is 14.1. The summed E-state index contributed by atoms with van der Waals surface area (Å²) in [5.74, 6) is -0.235. The normalized spacial score (nSPS) is 23.2. The number of hydrogen-bond acceptors (Lipinski definition) is 5. The summed E-state index contributed by atoms with van der Waals surface area (Å²) in [6.45, 7) is 2.14. The topological polar surface area (TPSA) is 78.7 Å². The Morgan fingerprint density at radius 2 is 1.90 bits per heavy atom. The third kappa shape index (κ3) is 2.21. The van der Waals surface area contributed by atoms with Gasteiger partial charge in [0, 0.05) is 20.1 Å². The van der Waals surface area contributed by atoms with Crippen molar-refractivity contribution in [1.29, 1.82) is 0 Å². The summed E-state index contributed by atoms with van der Waals surface area (Å²) in [5, 5.41) is 10.0. The van der Waals surface area contributed by atoms with E-state index in [1.165, 1.54) is 0 Å². The zero-order chi connectivity index (χ0) is 15.1. The van der Waals surface area contributed by atoms with Crippen molar-refractivity contribution in [2.24, 2.45) is 0 Å². The molecule has 1 aromatic rings. The number of aromatic nitrogens is 2. The fourth-order valence-corrected chi connectivity index (χ4v) is 3.24. The summed E-state index contributed by atoms with van der Waals surface area (Å²) in [6, 6.07) is 0.0354. The van der Waals surface area contributed by atoms with Crippen LogP contribution in [-0.2, 0) is 6.54 Å². The zero-order valence-corrected chi connectivity index (χ0v) is 12.4. The number of nitrogens with zero attached hydrogens (tertiary/aromatic N) is 4. The van der Waals surface area contributed by atoms with Crippen LogP contribution in [0.15, 0.2) is 4.79 Å². The van der Waals surface area contributed by atoms with E-state index in [-0.39, 0.29) is 17.6 Å². The lowest BCUT2D eigenvalue weighted by Crippen LogP contribution is -2.32. The van der Waals surface area contributed by atoms with E-state index in [2.05, 4.69) is 9.88 Å². The summed E-state index contributed by atoms with van der Waals surface area (Å²) in [6.07, 6.45) is 2.74. The molecule has 1 aromatic heterocycles. The van der Waals surface area contributed by atoms with E-state index in [0.29, 0.717) is 18.9 Å².